The van der Waals surface area contributed by atoms with Gasteiger partial charge in [-0.25, -0.2) is 8.42 Å². The maximum absolute atomic E-state index is 13.1. The summed E-state index contributed by atoms with van der Waals surface area (Å²) < 4.78 is 27.6. The molecule has 2 aliphatic rings. The van der Waals surface area contributed by atoms with E-state index >= 15 is 0 Å². The van der Waals surface area contributed by atoms with E-state index in [2.05, 4.69) is 5.32 Å². The largest absolute Gasteiger partial charge is 0.326 e. The summed E-state index contributed by atoms with van der Waals surface area (Å²) in [4.78, 5) is 23.8. The molecule has 0 atom stereocenters. The average Bonchev–Trinajstić information content (AvgIpc) is 2.94. The Morgan fingerprint density at radius 2 is 1.88 bits per heavy atom. The minimum absolute atomic E-state index is 0.0473. The van der Waals surface area contributed by atoms with Crippen LogP contribution in [-0.2, 0) is 21.2 Å². The van der Waals surface area contributed by atoms with Crippen LogP contribution in [0.3, 0.4) is 0 Å². The zero-order valence-corrected chi connectivity index (χ0v) is 14.4. The van der Waals surface area contributed by atoms with Crippen LogP contribution in [0.15, 0.2) is 41.3 Å². The average molecular weight is 356 g/mol. The fourth-order valence-corrected chi connectivity index (χ4v) is 4.83. The number of hydrogen-bond acceptors (Lipinski definition) is 4. The minimum Gasteiger partial charge on any atom is -0.326 e. The third-order valence-corrected chi connectivity index (χ3v) is 6.36. The molecule has 4 rings (SSSR count). The van der Waals surface area contributed by atoms with Gasteiger partial charge in [-0.1, -0.05) is 11.6 Å². The lowest BCUT2D eigenvalue weighted by atomic mass is 10.0. The van der Waals surface area contributed by atoms with Crippen LogP contribution in [0.2, 0.25) is 0 Å². The van der Waals surface area contributed by atoms with Crippen molar-refractivity contribution in [3.05, 3.63) is 53.1 Å². The standard InChI is InChI=1S/C18H16N2O4S/c1-11-2-5-16-14(8-11)17(21)6-7-20(16)25(23,24)13-3-4-15-12(9-13)10-18(22)19-15/h2-5,8-9H,6-7,10H2,1H3,(H,19,22). The van der Waals surface area contributed by atoms with Crippen molar-refractivity contribution >= 4 is 33.1 Å². The van der Waals surface area contributed by atoms with Crippen molar-refractivity contribution in [1.29, 1.82) is 0 Å². The molecule has 0 saturated carbocycles. The maximum Gasteiger partial charge on any atom is 0.264 e. The lowest BCUT2D eigenvalue weighted by Gasteiger charge is -2.30. The number of benzene rings is 2. The molecule has 0 spiro atoms. The number of ketones is 1. The van der Waals surface area contributed by atoms with Gasteiger partial charge in [-0.15, -0.1) is 0 Å². The van der Waals surface area contributed by atoms with Crippen LogP contribution in [-0.4, -0.2) is 26.7 Å². The van der Waals surface area contributed by atoms with Crippen molar-refractivity contribution in [2.45, 2.75) is 24.7 Å². The van der Waals surface area contributed by atoms with Crippen LogP contribution >= 0.6 is 0 Å². The molecule has 0 aliphatic carbocycles. The predicted octanol–water partition coefficient (Wildman–Crippen LogP) is 2.27. The number of hydrogen-bond donors (Lipinski definition) is 1. The molecule has 7 heteroatoms. The Hall–Kier alpha value is -2.67. The Bertz CT molecular complexity index is 1030. The summed E-state index contributed by atoms with van der Waals surface area (Å²) in [5.74, 6) is -0.192. The Morgan fingerprint density at radius 1 is 1.08 bits per heavy atom. The normalized spacial score (nSPS) is 16.4. The highest BCUT2D eigenvalue weighted by Crippen LogP contribution is 2.34. The van der Waals surface area contributed by atoms with E-state index in [0.29, 0.717) is 22.5 Å². The first-order valence-corrected chi connectivity index (χ1v) is 9.39. The van der Waals surface area contributed by atoms with Gasteiger partial charge >= 0.3 is 0 Å². The molecular formula is C18H16N2O4S. The van der Waals surface area contributed by atoms with Gasteiger partial charge in [-0.2, -0.15) is 0 Å². The van der Waals surface area contributed by atoms with Crippen molar-refractivity contribution in [2.24, 2.45) is 0 Å². The number of Topliss-reactive ketones (excluding diaryl/α,β-unsaturated/α-hetero) is 1. The second-order valence-corrected chi connectivity index (χ2v) is 8.18. The van der Waals surface area contributed by atoms with E-state index < -0.39 is 10.0 Å². The quantitative estimate of drug-likeness (QED) is 0.895. The summed E-state index contributed by atoms with van der Waals surface area (Å²) in [7, 11) is -3.81. The number of nitrogens with zero attached hydrogens (tertiary/aromatic N) is 1. The minimum atomic E-state index is -3.81. The Labute approximate surface area is 145 Å². The first kappa shape index (κ1) is 15.8. The van der Waals surface area contributed by atoms with Gasteiger partial charge < -0.3 is 5.32 Å². The van der Waals surface area contributed by atoms with E-state index in [1.54, 1.807) is 24.3 Å². The number of anilines is 2. The third-order valence-electron chi connectivity index (χ3n) is 4.55. The Kier molecular flexibility index (Phi) is 3.43. The number of sulfonamides is 1. The van der Waals surface area contributed by atoms with Gasteiger partial charge in [0.15, 0.2) is 5.78 Å². The van der Waals surface area contributed by atoms with Crippen molar-refractivity contribution in [3.63, 3.8) is 0 Å². The number of carbonyl (C=O) groups excluding carboxylic acids is 2. The molecular weight excluding hydrogens is 340 g/mol. The van der Waals surface area contributed by atoms with E-state index in [0.717, 1.165) is 5.56 Å². The molecule has 0 aromatic heterocycles. The lowest BCUT2D eigenvalue weighted by Crippen LogP contribution is -2.37. The SMILES string of the molecule is Cc1ccc2c(c1)C(=O)CCN2S(=O)(=O)c1ccc2c(c1)CC(=O)N2. The summed E-state index contributed by atoms with van der Waals surface area (Å²) in [6, 6.07) is 9.84. The summed E-state index contributed by atoms with van der Waals surface area (Å²) in [5.41, 5.74) is 3.08. The molecule has 1 amide bonds. The van der Waals surface area contributed by atoms with Gasteiger partial charge in [0.1, 0.15) is 0 Å². The van der Waals surface area contributed by atoms with Crippen molar-refractivity contribution in [3.8, 4) is 0 Å². The Morgan fingerprint density at radius 3 is 2.68 bits per heavy atom. The van der Waals surface area contributed by atoms with E-state index in [9.17, 15) is 18.0 Å². The predicted molar refractivity (Wildman–Crippen MR) is 93.4 cm³/mol. The first-order valence-electron chi connectivity index (χ1n) is 7.95. The topological polar surface area (TPSA) is 83.6 Å². The fourth-order valence-electron chi connectivity index (χ4n) is 3.29. The van der Waals surface area contributed by atoms with Crippen LogP contribution in [0.5, 0.6) is 0 Å². The number of amides is 1. The lowest BCUT2D eigenvalue weighted by molar-refractivity contribution is -0.115. The molecule has 0 radical (unpaired) electrons. The number of nitrogens with one attached hydrogen (secondary N) is 1. The monoisotopic (exact) mass is 356 g/mol. The number of carbonyl (C=O) groups is 2. The molecule has 0 saturated heterocycles. The number of aryl methyl sites for hydroxylation is 1. The zero-order valence-electron chi connectivity index (χ0n) is 13.6. The van der Waals surface area contributed by atoms with Gasteiger partial charge in [-0.3, -0.25) is 13.9 Å². The molecule has 25 heavy (non-hydrogen) atoms. The summed E-state index contributed by atoms with van der Waals surface area (Å²) in [6.07, 6.45) is 0.327. The smallest absolute Gasteiger partial charge is 0.264 e. The van der Waals surface area contributed by atoms with Crippen LogP contribution in [0.1, 0.15) is 27.9 Å². The molecule has 0 fully saturated rings. The maximum atomic E-state index is 13.1. The second kappa shape index (κ2) is 5.42. The van der Waals surface area contributed by atoms with Gasteiger partial charge in [-0.05, 0) is 42.8 Å². The molecule has 2 heterocycles. The highest BCUT2D eigenvalue weighted by atomic mass is 32.2. The van der Waals surface area contributed by atoms with Gasteiger partial charge in [0.05, 0.1) is 17.0 Å². The van der Waals surface area contributed by atoms with Gasteiger partial charge in [0.25, 0.3) is 10.0 Å². The first-order chi connectivity index (χ1) is 11.9. The fraction of sp³-hybridized carbons (Fsp3) is 0.222. The van der Waals surface area contributed by atoms with Crippen molar-refractivity contribution in [2.75, 3.05) is 16.2 Å². The van der Waals surface area contributed by atoms with Crippen LogP contribution in [0.25, 0.3) is 0 Å². The van der Waals surface area contributed by atoms with Crippen LogP contribution < -0.4 is 9.62 Å². The Balaban J connectivity index is 1.80. The molecule has 2 aromatic rings. The molecule has 0 unspecified atom stereocenters. The number of rotatable bonds is 2. The van der Waals surface area contributed by atoms with E-state index in [4.69, 9.17) is 0 Å². The summed E-state index contributed by atoms with van der Waals surface area (Å²) in [5, 5.41) is 2.69. The van der Waals surface area contributed by atoms with E-state index in [1.165, 1.54) is 16.4 Å². The van der Waals surface area contributed by atoms with E-state index in [-0.39, 0.29) is 36.0 Å². The highest BCUT2D eigenvalue weighted by Gasteiger charge is 2.33. The van der Waals surface area contributed by atoms with E-state index in [1.807, 2.05) is 6.92 Å². The zero-order chi connectivity index (χ0) is 17.8. The molecule has 2 aromatic carbocycles. The van der Waals surface area contributed by atoms with Gasteiger partial charge in [0.2, 0.25) is 5.91 Å². The van der Waals surface area contributed by atoms with Crippen LogP contribution in [0.4, 0.5) is 11.4 Å². The molecule has 1 N–H and O–H groups in total. The number of fused-ring (bicyclic) bond motifs is 2. The van der Waals surface area contributed by atoms with Crippen molar-refractivity contribution < 1.29 is 18.0 Å². The molecule has 6 nitrogen and oxygen atoms in total. The summed E-state index contributed by atoms with van der Waals surface area (Å²) >= 11 is 0. The molecule has 0 bridgehead atoms. The highest BCUT2D eigenvalue weighted by molar-refractivity contribution is 7.92. The molecule has 128 valence electrons. The molecule has 2 aliphatic heterocycles. The summed E-state index contributed by atoms with van der Waals surface area (Å²) in [6.45, 7) is 1.98. The van der Waals surface area contributed by atoms with Gasteiger partial charge in [0, 0.05) is 24.2 Å². The van der Waals surface area contributed by atoms with Crippen LogP contribution in [0, 0.1) is 6.92 Å². The second-order valence-electron chi connectivity index (χ2n) is 6.31. The van der Waals surface area contributed by atoms with Crippen molar-refractivity contribution in [1.82, 2.24) is 0 Å². The third kappa shape index (κ3) is 2.51.